The van der Waals surface area contributed by atoms with Crippen molar-refractivity contribution in [2.45, 2.75) is 31.8 Å². The van der Waals surface area contributed by atoms with Gasteiger partial charge in [-0.15, -0.1) is 11.6 Å². The molecule has 1 rings (SSSR count). The molecule has 1 aromatic rings. The van der Waals surface area contributed by atoms with Crippen LogP contribution in [0.15, 0.2) is 12.3 Å². The maximum atomic E-state index is 12.4. The second kappa shape index (κ2) is 6.22. The number of alkyl halides is 4. The van der Waals surface area contributed by atoms with E-state index in [1.54, 1.807) is 0 Å². The highest BCUT2D eigenvalue weighted by atomic mass is 35.5. The predicted molar refractivity (Wildman–Crippen MR) is 64.6 cm³/mol. The average molecular weight is 282 g/mol. The standard InChI is InChI=1S/C11H15ClF3N3/c1-7(2)5-8(12)6-17-10-16-4-3-9(18-10)11(13,14)15/h3-4,7-8H,5-6H2,1-2H3,(H,16,17,18). The first kappa shape index (κ1) is 15.0. The SMILES string of the molecule is CC(C)CC(Cl)CNc1nccc(C(F)(F)F)n1. The van der Waals surface area contributed by atoms with Gasteiger partial charge in [-0.2, -0.15) is 13.2 Å². The van der Waals surface area contributed by atoms with Crippen LogP contribution >= 0.6 is 11.6 Å². The highest BCUT2D eigenvalue weighted by Crippen LogP contribution is 2.27. The van der Waals surface area contributed by atoms with Gasteiger partial charge in [-0.05, 0) is 18.4 Å². The Morgan fingerprint density at radius 2 is 2.06 bits per heavy atom. The Morgan fingerprint density at radius 1 is 1.39 bits per heavy atom. The third-order valence-electron chi connectivity index (χ3n) is 2.15. The topological polar surface area (TPSA) is 37.8 Å². The fourth-order valence-corrected chi connectivity index (χ4v) is 1.83. The Hall–Kier alpha value is -1.04. The zero-order valence-corrected chi connectivity index (χ0v) is 10.9. The normalized spacial score (nSPS) is 13.7. The second-order valence-electron chi connectivity index (χ2n) is 4.37. The molecule has 3 nitrogen and oxygen atoms in total. The predicted octanol–water partition coefficient (Wildman–Crippen LogP) is 3.56. The van der Waals surface area contributed by atoms with Crippen LogP contribution in [0.1, 0.15) is 26.0 Å². The molecule has 0 saturated heterocycles. The Balaban J connectivity index is 2.58. The number of nitrogens with zero attached hydrogens (tertiary/aromatic N) is 2. The lowest BCUT2D eigenvalue weighted by molar-refractivity contribution is -0.141. The van der Waals surface area contributed by atoms with Crippen molar-refractivity contribution >= 4 is 17.5 Å². The molecule has 102 valence electrons. The highest BCUT2D eigenvalue weighted by Gasteiger charge is 2.32. The molecule has 0 aromatic carbocycles. The smallest absolute Gasteiger partial charge is 0.353 e. The van der Waals surface area contributed by atoms with E-state index in [0.29, 0.717) is 12.5 Å². The van der Waals surface area contributed by atoms with E-state index in [4.69, 9.17) is 11.6 Å². The second-order valence-corrected chi connectivity index (χ2v) is 4.99. The molecule has 0 saturated carbocycles. The van der Waals surface area contributed by atoms with E-state index in [0.717, 1.165) is 18.7 Å². The van der Waals surface area contributed by atoms with Crippen molar-refractivity contribution in [2.24, 2.45) is 5.92 Å². The third kappa shape index (κ3) is 5.08. The molecule has 1 aromatic heterocycles. The maximum Gasteiger partial charge on any atom is 0.433 e. The highest BCUT2D eigenvalue weighted by molar-refractivity contribution is 6.20. The van der Waals surface area contributed by atoms with Crippen molar-refractivity contribution in [1.82, 2.24) is 9.97 Å². The molecule has 0 aliphatic rings. The summed E-state index contributed by atoms with van der Waals surface area (Å²) >= 11 is 6.02. The summed E-state index contributed by atoms with van der Waals surface area (Å²) in [4.78, 5) is 7.11. The summed E-state index contributed by atoms with van der Waals surface area (Å²) in [6.45, 7) is 4.38. The van der Waals surface area contributed by atoms with E-state index in [2.05, 4.69) is 15.3 Å². The summed E-state index contributed by atoms with van der Waals surface area (Å²) < 4.78 is 37.2. The summed E-state index contributed by atoms with van der Waals surface area (Å²) in [6.07, 6.45) is -2.62. The molecule has 1 heterocycles. The molecule has 18 heavy (non-hydrogen) atoms. The molecule has 1 unspecified atom stereocenters. The van der Waals surface area contributed by atoms with E-state index in [-0.39, 0.29) is 11.3 Å². The quantitative estimate of drug-likeness (QED) is 0.839. The lowest BCUT2D eigenvalue weighted by Gasteiger charge is -2.13. The first-order valence-corrected chi connectivity index (χ1v) is 6.01. The van der Waals surface area contributed by atoms with Gasteiger partial charge >= 0.3 is 6.18 Å². The molecule has 0 bridgehead atoms. The van der Waals surface area contributed by atoms with Gasteiger partial charge in [-0.3, -0.25) is 0 Å². The number of anilines is 1. The Kier molecular flexibility index (Phi) is 5.19. The first-order valence-electron chi connectivity index (χ1n) is 5.57. The maximum absolute atomic E-state index is 12.4. The zero-order chi connectivity index (χ0) is 13.8. The van der Waals surface area contributed by atoms with Gasteiger partial charge < -0.3 is 5.32 Å². The molecule has 1 atom stereocenters. The summed E-state index contributed by atoms with van der Waals surface area (Å²) in [5.41, 5.74) is -0.963. The van der Waals surface area contributed by atoms with Crippen molar-refractivity contribution in [2.75, 3.05) is 11.9 Å². The molecule has 0 aliphatic carbocycles. The van der Waals surface area contributed by atoms with E-state index in [9.17, 15) is 13.2 Å². The third-order valence-corrected chi connectivity index (χ3v) is 2.49. The number of nitrogens with one attached hydrogen (secondary N) is 1. The van der Waals surface area contributed by atoms with Crippen LogP contribution in [-0.2, 0) is 6.18 Å². The number of aromatic nitrogens is 2. The van der Waals surface area contributed by atoms with Crippen molar-refractivity contribution in [3.05, 3.63) is 18.0 Å². The minimum absolute atomic E-state index is 0.0563. The van der Waals surface area contributed by atoms with Crippen molar-refractivity contribution in [3.8, 4) is 0 Å². The van der Waals surface area contributed by atoms with Gasteiger partial charge in [0, 0.05) is 12.7 Å². The Labute approximate surface area is 109 Å². The summed E-state index contributed by atoms with van der Waals surface area (Å²) in [6, 6.07) is 0.831. The Bertz CT molecular complexity index is 382. The van der Waals surface area contributed by atoms with Crippen LogP contribution in [0, 0.1) is 5.92 Å². The summed E-state index contributed by atoms with van der Waals surface area (Å²) in [7, 11) is 0. The van der Waals surface area contributed by atoms with E-state index in [1.165, 1.54) is 0 Å². The van der Waals surface area contributed by atoms with Gasteiger partial charge in [0.2, 0.25) is 5.95 Å². The first-order chi connectivity index (χ1) is 8.29. The van der Waals surface area contributed by atoms with Crippen LogP contribution in [0.3, 0.4) is 0 Å². The van der Waals surface area contributed by atoms with Gasteiger partial charge in [0.15, 0.2) is 0 Å². The summed E-state index contributed by atoms with van der Waals surface area (Å²) in [5, 5.41) is 2.54. The molecule has 0 spiro atoms. The van der Waals surface area contributed by atoms with Crippen molar-refractivity contribution < 1.29 is 13.2 Å². The molecule has 7 heteroatoms. The molecule has 0 aliphatic heterocycles. The van der Waals surface area contributed by atoms with Crippen LogP contribution in [0.25, 0.3) is 0 Å². The fourth-order valence-electron chi connectivity index (χ4n) is 1.40. The molecule has 0 amide bonds. The minimum atomic E-state index is -4.46. The largest absolute Gasteiger partial charge is 0.433 e. The van der Waals surface area contributed by atoms with Crippen LogP contribution in [0.2, 0.25) is 0 Å². The van der Waals surface area contributed by atoms with Gasteiger partial charge in [0.25, 0.3) is 0 Å². The number of rotatable bonds is 5. The number of hydrogen-bond donors (Lipinski definition) is 1. The lowest BCUT2D eigenvalue weighted by atomic mass is 10.1. The van der Waals surface area contributed by atoms with Crippen LogP contribution in [-0.4, -0.2) is 21.9 Å². The fraction of sp³-hybridized carbons (Fsp3) is 0.636. The number of halogens is 4. The zero-order valence-electron chi connectivity index (χ0n) is 10.1. The summed E-state index contributed by atoms with van der Waals surface area (Å²) in [5.74, 6) is 0.371. The monoisotopic (exact) mass is 281 g/mol. The lowest BCUT2D eigenvalue weighted by Crippen LogP contribution is -2.18. The van der Waals surface area contributed by atoms with E-state index >= 15 is 0 Å². The van der Waals surface area contributed by atoms with Gasteiger partial charge in [0.1, 0.15) is 5.69 Å². The van der Waals surface area contributed by atoms with Crippen LogP contribution in [0.5, 0.6) is 0 Å². The van der Waals surface area contributed by atoms with Gasteiger partial charge in [-0.25, -0.2) is 9.97 Å². The van der Waals surface area contributed by atoms with Crippen LogP contribution < -0.4 is 5.32 Å². The van der Waals surface area contributed by atoms with Gasteiger partial charge in [0.05, 0.1) is 5.38 Å². The molecule has 1 N–H and O–H groups in total. The van der Waals surface area contributed by atoms with E-state index < -0.39 is 11.9 Å². The molecule has 0 fully saturated rings. The van der Waals surface area contributed by atoms with Crippen LogP contribution in [0.4, 0.5) is 19.1 Å². The van der Waals surface area contributed by atoms with Gasteiger partial charge in [-0.1, -0.05) is 13.8 Å². The minimum Gasteiger partial charge on any atom is -0.353 e. The van der Waals surface area contributed by atoms with E-state index in [1.807, 2.05) is 13.8 Å². The van der Waals surface area contributed by atoms with Crippen molar-refractivity contribution in [1.29, 1.82) is 0 Å². The molecular formula is C11H15ClF3N3. The number of hydrogen-bond acceptors (Lipinski definition) is 3. The molecule has 0 radical (unpaired) electrons. The average Bonchev–Trinajstić information content (AvgIpc) is 2.25. The molecular weight excluding hydrogens is 267 g/mol. The van der Waals surface area contributed by atoms with Crippen molar-refractivity contribution in [3.63, 3.8) is 0 Å². The Morgan fingerprint density at radius 3 is 2.61 bits per heavy atom.